The molecule has 2 aromatic carbocycles. The van der Waals surface area contributed by atoms with Crippen LogP contribution < -0.4 is 5.62 Å². The van der Waals surface area contributed by atoms with Crippen LogP contribution in [0, 0.1) is 0 Å². The molecule has 0 saturated heterocycles. The van der Waals surface area contributed by atoms with Crippen molar-refractivity contribution in [1.82, 2.24) is 9.71 Å². The predicted octanol–water partition coefficient (Wildman–Crippen LogP) is 3.68. The summed E-state index contributed by atoms with van der Waals surface area (Å²) >= 11 is 6.10. The van der Waals surface area contributed by atoms with Gasteiger partial charge in [-0.2, -0.15) is 0 Å². The molecule has 0 amide bonds. The Hall–Kier alpha value is -2.59. The van der Waals surface area contributed by atoms with Crippen LogP contribution in [0.5, 0.6) is 0 Å². The Bertz CT molecular complexity index is 901. The fourth-order valence-corrected chi connectivity index (χ4v) is 2.46. The molecule has 110 valence electrons. The summed E-state index contributed by atoms with van der Waals surface area (Å²) in [7, 11) is 0. The van der Waals surface area contributed by atoms with E-state index in [1.54, 1.807) is 18.2 Å². The van der Waals surface area contributed by atoms with Gasteiger partial charge in [0.1, 0.15) is 5.69 Å². The van der Waals surface area contributed by atoms with Crippen molar-refractivity contribution >= 4 is 22.5 Å². The maximum absolute atomic E-state index is 10.5. The molecule has 0 fully saturated rings. The first kappa shape index (κ1) is 14.4. The summed E-state index contributed by atoms with van der Waals surface area (Å²) < 4.78 is 0.998. The predicted molar refractivity (Wildman–Crippen MR) is 88.0 cm³/mol. The molecule has 3 rings (SSSR count). The van der Waals surface area contributed by atoms with Gasteiger partial charge in [0, 0.05) is 16.0 Å². The molecule has 0 radical (unpaired) electrons. The third-order valence-corrected chi connectivity index (χ3v) is 3.48. The molecule has 0 aliphatic carbocycles. The van der Waals surface area contributed by atoms with Crippen molar-refractivity contribution in [3.63, 3.8) is 0 Å². The van der Waals surface area contributed by atoms with Gasteiger partial charge in [-0.05, 0) is 18.2 Å². The van der Waals surface area contributed by atoms with Gasteiger partial charge in [0.25, 0.3) is 5.62 Å². The highest BCUT2D eigenvalue weighted by Gasteiger charge is 2.12. The van der Waals surface area contributed by atoms with Crippen molar-refractivity contribution in [2.75, 3.05) is 6.54 Å². The van der Waals surface area contributed by atoms with Gasteiger partial charge in [0.15, 0.2) is 0 Å². The maximum Gasteiger partial charge on any atom is 0.259 e. The van der Waals surface area contributed by atoms with Crippen molar-refractivity contribution < 1.29 is 5.21 Å². The van der Waals surface area contributed by atoms with Crippen molar-refractivity contribution in [3.8, 4) is 11.3 Å². The van der Waals surface area contributed by atoms with Gasteiger partial charge in [0.05, 0.1) is 12.1 Å². The SMILES string of the molecule is C=CCN=c1nc2ccc(Cl)cc2c(-c2ccccc2)n1O. The Balaban J connectivity index is 2.42. The minimum absolute atomic E-state index is 0.230. The summed E-state index contributed by atoms with van der Waals surface area (Å²) in [4.78, 5) is 8.61. The van der Waals surface area contributed by atoms with E-state index in [-0.39, 0.29) is 5.62 Å². The number of halogens is 1. The Morgan fingerprint density at radius 2 is 2.00 bits per heavy atom. The Morgan fingerprint density at radius 3 is 2.73 bits per heavy atom. The quantitative estimate of drug-likeness (QED) is 0.592. The van der Waals surface area contributed by atoms with Gasteiger partial charge in [-0.3, -0.25) is 0 Å². The Kier molecular flexibility index (Phi) is 3.94. The van der Waals surface area contributed by atoms with Gasteiger partial charge < -0.3 is 5.21 Å². The molecule has 0 aliphatic rings. The summed E-state index contributed by atoms with van der Waals surface area (Å²) in [5.74, 6) is 0. The monoisotopic (exact) mass is 311 g/mol. The van der Waals surface area contributed by atoms with Crippen LogP contribution in [0.2, 0.25) is 5.02 Å². The lowest BCUT2D eigenvalue weighted by Crippen LogP contribution is -2.25. The topological polar surface area (TPSA) is 50.4 Å². The molecule has 3 aromatic rings. The lowest BCUT2D eigenvalue weighted by atomic mass is 10.1. The Morgan fingerprint density at radius 1 is 1.23 bits per heavy atom. The highest BCUT2D eigenvalue weighted by molar-refractivity contribution is 6.31. The van der Waals surface area contributed by atoms with E-state index < -0.39 is 0 Å². The number of rotatable bonds is 3. The van der Waals surface area contributed by atoms with Crippen LogP contribution in [-0.4, -0.2) is 21.5 Å². The number of nitrogens with zero attached hydrogens (tertiary/aromatic N) is 3. The van der Waals surface area contributed by atoms with Crippen LogP contribution in [0.4, 0.5) is 0 Å². The number of fused-ring (bicyclic) bond motifs is 1. The number of benzene rings is 2. The summed E-state index contributed by atoms with van der Waals surface area (Å²) in [5.41, 5.74) is 2.41. The zero-order chi connectivity index (χ0) is 15.5. The fourth-order valence-electron chi connectivity index (χ4n) is 2.29. The van der Waals surface area contributed by atoms with Gasteiger partial charge in [-0.25, -0.2) is 9.98 Å². The lowest BCUT2D eigenvalue weighted by molar-refractivity contribution is 0.173. The van der Waals surface area contributed by atoms with Gasteiger partial charge in [-0.15, -0.1) is 11.3 Å². The van der Waals surface area contributed by atoms with Crippen LogP contribution in [0.15, 0.2) is 66.2 Å². The van der Waals surface area contributed by atoms with Gasteiger partial charge >= 0.3 is 0 Å². The molecule has 0 atom stereocenters. The van der Waals surface area contributed by atoms with Crippen LogP contribution in [0.25, 0.3) is 22.2 Å². The average Bonchev–Trinajstić information content (AvgIpc) is 2.54. The molecule has 0 unspecified atom stereocenters. The molecule has 1 aromatic heterocycles. The van der Waals surface area contributed by atoms with Crippen LogP contribution >= 0.6 is 11.6 Å². The van der Waals surface area contributed by atoms with E-state index >= 15 is 0 Å². The van der Waals surface area contributed by atoms with Crippen LogP contribution in [0.3, 0.4) is 0 Å². The average molecular weight is 312 g/mol. The standard InChI is InChI=1S/C17H14ClN3O/c1-2-10-19-17-20-15-9-8-13(18)11-14(15)16(21(17)22)12-6-4-3-5-7-12/h2-9,11,22H,1,10H2. The highest BCUT2D eigenvalue weighted by atomic mass is 35.5. The molecule has 0 saturated carbocycles. The summed E-state index contributed by atoms with van der Waals surface area (Å²) in [5, 5.41) is 11.9. The third kappa shape index (κ3) is 2.61. The van der Waals surface area contributed by atoms with E-state index in [1.807, 2.05) is 36.4 Å². The minimum Gasteiger partial charge on any atom is -0.425 e. The second-order valence-corrected chi connectivity index (χ2v) is 5.17. The molecular weight excluding hydrogens is 298 g/mol. The smallest absolute Gasteiger partial charge is 0.259 e. The highest BCUT2D eigenvalue weighted by Crippen LogP contribution is 2.27. The van der Waals surface area contributed by atoms with Gasteiger partial charge in [0.2, 0.25) is 0 Å². The maximum atomic E-state index is 10.5. The van der Waals surface area contributed by atoms with Crippen molar-refractivity contribution in [1.29, 1.82) is 0 Å². The zero-order valence-electron chi connectivity index (χ0n) is 11.8. The molecule has 22 heavy (non-hydrogen) atoms. The second-order valence-electron chi connectivity index (χ2n) is 4.73. The summed E-state index contributed by atoms with van der Waals surface area (Å²) in [6, 6.07) is 14.9. The van der Waals surface area contributed by atoms with E-state index in [0.29, 0.717) is 17.3 Å². The first-order valence-corrected chi connectivity index (χ1v) is 7.17. The lowest BCUT2D eigenvalue weighted by Gasteiger charge is -2.11. The first-order valence-electron chi connectivity index (χ1n) is 6.79. The third-order valence-electron chi connectivity index (χ3n) is 3.24. The first-order chi connectivity index (χ1) is 10.7. The van der Waals surface area contributed by atoms with Crippen molar-refractivity contribution in [3.05, 3.63) is 71.8 Å². The normalized spacial score (nSPS) is 11.8. The molecular formula is C17H14ClN3O. The fraction of sp³-hybridized carbons (Fsp3) is 0.0588. The van der Waals surface area contributed by atoms with Crippen LogP contribution in [0.1, 0.15) is 0 Å². The largest absolute Gasteiger partial charge is 0.425 e. The molecule has 4 nitrogen and oxygen atoms in total. The van der Waals surface area contributed by atoms with Gasteiger partial charge in [-0.1, -0.05) is 48.0 Å². The van der Waals surface area contributed by atoms with Crippen molar-refractivity contribution in [2.24, 2.45) is 4.99 Å². The number of hydrogen-bond acceptors (Lipinski definition) is 3. The molecule has 1 N–H and O–H groups in total. The summed E-state index contributed by atoms with van der Waals surface area (Å²) in [6.07, 6.45) is 1.65. The number of aromatic nitrogens is 2. The molecule has 1 heterocycles. The van der Waals surface area contributed by atoms with Crippen molar-refractivity contribution in [2.45, 2.75) is 0 Å². The summed E-state index contributed by atoms with van der Waals surface area (Å²) in [6.45, 7) is 4.01. The minimum atomic E-state index is 0.230. The molecule has 0 aliphatic heterocycles. The second kappa shape index (κ2) is 6.03. The zero-order valence-corrected chi connectivity index (χ0v) is 12.5. The van der Waals surface area contributed by atoms with E-state index in [9.17, 15) is 5.21 Å². The van der Waals surface area contributed by atoms with Crippen LogP contribution in [-0.2, 0) is 0 Å². The molecule has 5 heteroatoms. The van der Waals surface area contributed by atoms with E-state index in [0.717, 1.165) is 21.2 Å². The molecule has 0 bridgehead atoms. The number of hydrogen-bond donors (Lipinski definition) is 1. The Labute approximate surface area is 132 Å². The van der Waals surface area contributed by atoms with E-state index in [4.69, 9.17) is 11.6 Å². The molecule has 0 spiro atoms. The van der Waals surface area contributed by atoms with E-state index in [1.165, 1.54) is 0 Å². The van der Waals surface area contributed by atoms with E-state index in [2.05, 4.69) is 16.6 Å².